The molecule has 0 spiro atoms. The van der Waals surface area contributed by atoms with Crippen molar-refractivity contribution in [2.45, 2.75) is 17.9 Å². The molecular formula is C42H30N4O10S2. The highest BCUT2D eigenvalue weighted by molar-refractivity contribution is 7.89. The highest BCUT2D eigenvalue weighted by Crippen LogP contribution is 2.43. The number of rotatable bonds is 6. The molecule has 0 aliphatic heterocycles. The van der Waals surface area contributed by atoms with E-state index in [1.807, 2.05) is 6.08 Å². The standard InChI is InChI=1S/C42H30N4O10S2/c1-20-37(34-33(36(44)42(20)58(54,55)56)40(49)27-8-4-5-9-28(27)41(34)50)46-24-16-12-22(13-17-24)18-21-10-14-23(15-11-21)45-29-19-30(57(51,52)53)35(43)32-31(29)38(47)25-6-2-3-7-26(25)39(32)48/h2-20,37,45H,43-44H2,1H3,(H,51,52,53)(H,54,55,56). The number of nitrogens with two attached hydrogens (primary N) is 2. The molecule has 58 heavy (non-hydrogen) atoms. The minimum absolute atomic E-state index is 0.0532. The summed E-state index contributed by atoms with van der Waals surface area (Å²) in [5, 5.41) is 3.00. The Labute approximate surface area is 331 Å². The Morgan fingerprint density at radius 1 is 0.690 bits per heavy atom. The molecule has 0 amide bonds. The van der Waals surface area contributed by atoms with Gasteiger partial charge in [-0.2, -0.15) is 16.8 Å². The summed E-state index contributed by atoms with van der Waals surface area (Å²) in [5.74, 6) is -3.48. The first-order valence-corrected chi connectivity index (χ1v) is 20.4. The van der Waals surface area contributed by atoms with Gasteiger partial charge in [-0.05, 0) is 47.6 Å². The minimum atomic E-state index is -4.90. The minimum Gasteiger partial charge on any atom is -0.397 e. The monoisotopic (exact) mass is 814 g/mol. The van der Waals surface area contributed by atoms with Gasteiger partial charge in [0.05, 0.1) is 45.5 Å². The van der Waals surface area contributed by atoms with Crippen LogP contribution in [0.5, 0.6) is 0 Å². The second kappa shape index (κ2) is 13.7. The van der Waals surface area contributed by atoms with Gasteiger partial charge in [0.15, 0.2) is 23.1 Å². The van der Waals surface area contributed by atoms with Crippen LogP contribution in [0.4, 0.5) is 17.1 Å². The molecule has 0 heterocycles. The maximum atomic E-state index is 13.8. The van der Waals surface area contributed by atoms with Gasteiger partial charge in [0.25, 0.3) is 20.2 Å². The number of hydrogen-bond donors (Lipinski definition) is 5. The first-order chi connectivity index (χ1) is 27.5. The summed E-state index contributed by atoms with van der Waals surface area (Å²) in [5.41, 5.74) is 12.9. The molecule has 0 fully saturated rings. The average Bonchev–Trinajstić information content (AvgIpc) is 3.18. The van der Waals surface area contributed by atoms with Crippen LogP contribution < -0.4 is 16.8 Å². The summed E-state index contributed by atoms with van der Waals surface area (Å²) >= 11 is 0. The second-order valence-corrected chi connectivity index (χ2v) is 16.6. The van der Waals surface area contributed by atoms with Crippen molar-refractivity contribution in [3.63, 3.8) is 0 Å². The number of Topliss-reactive ketones (excluding diaryl/α,β-unsaturated/α-hetero) is 2. The number of carbonyl (C=O) groups is 4. The molecule has 8 rings (SSSR count). The lowest BCUT2D eigenvalue weighted by molar-refractivity contribution is 0.0967. The van der Waals surface area contributed by atoms with Gasteiger partial charge >= 0.3 is 0 Å². The average molecular weight is 815 g/mol. The van der Waals surface area contributed by atoms with E-state index in [1.54, 1.807) is 72.8 Å². The third-order valence-electron chi connectivity index (χ3n) is 10.3. The summed E-state index contributed by atoms with van der Waals surface area (Å²) < 4.78 is 69.7. The lowest BCUT2D eigenvalue weighted by Crippen LogP contribution is -2.40. The number of aliphatic imine (C=N–C) groups is 1. The van der Waals surface area contributed by atoms with Crippen LogP contribution in [-0.2, 0) is 20.2 Å². The molecule has 4 aliphatic carbocycles. The predicted molar refractivity (Wildman–Crippen MR) is 215 cm³/mol. The number of allylic oxidation sites excluding steroid dienone is 6. The van der Waals surface area contributed by atoms with Crippen molar-refractivity contribution >= 4 is 72.2 Å². The lowest BCUT2D eigenvalue weighted by Gasteiger charge is -2.34. The Morgan fingerprint density at radius 2 is 1.22 bits per heavy atom. The molecule has 0 radical (unpaired) electrons. The van der Waals surface area contributed by atoms with Crippen molar-refractivity contribution in [2.75, 3.05) is 11.1 Å². The predicted octanol–water partition coefficient (Wildman–Crippen LogP) is 5.44. The number of benzene rings is 4. The van der Waals surface area contributed by atoms with E-state index in [-0.39, 0.29) is 50.2 Å². The van der Waals surface area contributed by atoms with Gasteiger partial charge < -0.3 is 16.8 Å². The molecule has 2 atom stereocenters. The van der Waals surface area contributed by atoms with Crippen LogP contribution in [0.25, 0.3) is 6.08 Å². The molecule has 16 heteroatoms. The fourth-order valence-electron chi connectivity index (χ4n) is 7.69. The summed E-state index contributed by atoms with van der Waals surface area (Å²) in [6.45, 7) is 1.46. The van der Waals surface area contributed by atoms with Crippen LogP contribution in [0.2, 0.25) is 0 Å². The number of nitrogen functional groups attached to an aromatic ring is 1. The van der Waals surface area contributed by atoms with Gasteiger partial charge in [-0.3, -0.25) is 33.3 Å². The van der Waals surface area contributed by atoms with E-state index >= 15 is 0 Å². The van der Waals surface area contributed by atoms with Gasteiger partial charge in [-0.15, -0.1) is 0 Å². The summed E-state index contributed by atoms with van der Waals surface area (Å²) in [7, 11) is -9.79. The van der Waals surface area contributed by atoms with Crippen molar-refractivity contribution in [3.8, 4) is 0 Å². The Hall–Kier alpha value is -6.85. The molecule has 0 saturated carbocycles. The molecule has 7 N–H and O–H groups in total. The molecule has 2 unspecified atom stereocenters. The SMILES string of the molecule is CC1C(S(=O)(=O)O)=C(N)C2=C(C(=O)c3ccccc3C2=O)C1N=C1C=CC(=Cc2ccc(Nc3cc(S(=O)(=O)O)c(N)c4c3C(=O)c3ccccc3C4=O)cc2)C=C1. The van der Waals surface area contributed by atoms with Crippen LogP contribution in [0, 0.1) is 5.92 Å². The first-order valence-electron chi connectivity index (χ1n) is 17.5. The molecule has 0 saturated heterocycles. The highest BCUT2D eigenvalue weighted by Gasteiger charge is 2.47. The van der Waals surface area contributed by atoms with E-state index in [4.69, 9.17) is 16.5 Å². The number of fused-ring (bicyclic) bond motifs is 3. The van der Waals surface area contributed by atoms with Crippen LogP contribution in [0.3, 0.4) is 0 Å². The summed E-state index contributed by atoms with van der Waals surface area (Å²) in [6.07, 6.45) is 8.55. The highest BCUT2D eigenvalue weighted by atomic mass is 32.2. The normalized spacial score (nSPS) is 18.8. The lowest BCUT2D eigenvalue weighted by atomic mass is 9.73. The third-order valence-corrected chi connectivity index (χ3v) is 12.4. The molecule has 0 bridgehead atoms. The number of anilines is 3. The zero-order valence-corrected chi connectivity index (χ0v) is 31.8. The molecule has 4 aromatic carbocycles. The van der Waals surface area contributed by atoms with Gasteiger partial charge in [-0.1, -0.05) is 79.7 Å². The van der Waals surface area contributed by atoms with Crippen molar-refractivity contribution in [2.24, 2.45) is 16.6 Å². The maximum absolute atomic E-state index is 13.8. The topological polar surface area (TPSA) is 253 Å². The van der Waals surface area contributed by atoms with Crippen molar-refractivity contribution < 1.29 is 45.1 Å². The van der Waals surface area contributed by atoms with E-state index in [0.717, 1.165) is 6.07 Å². The number of nitrogens with one attached hydrogen (secondary N) is 1. The van der Waals surface area contributed by atoms with E-state index in [0.29, 0.717) is 22.5 Å². The Morgan fingerprint density at radius 3 is 1.78 bits per heavy atom. The Balaban J connectivity index is 1.08. The molecule has 14 nitrogen and oxygen atoms in total. The smallest absolute Gasteiger partial charge is 0.296 e. The van der Waals surface area contributed by atoms with Gasteiger partial charge in [0, 0.05) is 39.4 Å². The fraction of sp³-hybridized carbons (Fsp3) is 0.0714. The number of carbonyl (C=O) groups excluding carboxylic acids is 4. The van der Waals surface area contributed by atoms with E-state index in [1.165, 1.54) is 31.2 Å². The van der Waals surface area contributed by atoms with Gasteiger partial charge in [-0.25, -0.2) is 0 Å². The van der Waals surface area contributed by atoms with Crippen LogP contribution in [0.15, 0.2) is 140 Å². The number of nitrogens with zero attached hydrogens (tertiary/aromatic N) is 1. The molecular weight excluding hydrogens is 785 g/mol. The number of ketones is 4. The van der Waals surface area contributed by atoms with Gasteiger partial charge in [0.1, 0.15) is 9.80 Å². The zero-order chi connectivity index (χ0) is 41.4. The summed E-state index contributed by atoms with van der Waals surface area (Å²) in [6, 6.07) is 18.8. The van der Waals surface area contributed by atoms with Crippen LogP contribution >= 0.6 is 0 Å². The fourth-order valence-corrected chi connectivity index (χ4v) is 9.32. The van der Waals surface area contributed by atoms with E-state index in [9.17, 15) is 45.1 Å². The van der Waals surface area contributed by atoms with E-state index in [2.05, 4.69) is 5.32 Å². The van der Waals surface area contributed by atoms with Crippen molar-refractivity contribution in [3.05, 3.63) is 169 Å². The van der Waals surface area contributed by atoms with Crippen molar-refractivity contribution in [1.29, 1.82) is 0 Å². The molecule has 4 aliphatic rings. The van der Waals surface area contributed by atoms with Gasteiger partial charge in [0.2, 0.25) is 0 Å². The Kier molecular flexibility index (Phi) is 8.96. The number of hydrogen-bond acceptors (Lipinski definition) is 12. The molecule has 4 aromatic rings. The largest absolute Gasteiger partial charge is 0.397 e. The third kappa shape index (κ3) is 6.24. The second-order valence-electron chi connectivity index (χ2n) is 13.9. The van der Waals surface area contributed by atoms with Crippen LogP contribution in [0.1, 0.15) is 65.0 Å². The first kappa shape index (κ1) is 38.0. The quantitative estimate of drug-likeness (QED) is 0.106. The van der Waals surface area contributed by atoms with Crippen LogP contribution in [-0.4, -0.2) is 60.8 Å². The zero-order valence-electron chi connectivity index (χ0n) is 30.1. The Bertz CT molecular complexity index is 3010. The van der Waals surface area contributed by atoms with Crippen molar-refractivity contribution in [1.82, 2.24) is 0 Å². The molecule has 290 valence electrons. The summed E-state index contributed by atoms with van der Waals surface area (Å²) in [4.78, 5) is 57.9. The van der Waals surface area contributed by atoms with E-state index < -0.39 is 76.5 Å². The maximum Gasteiger partial charge on any atom is 0.296 e. The molecule has 0 aromatic heterocycles.